The van der Waals surface area contributed by atoms with E-state index in [2.05, 4.69) is 42.2 Å². The first kappa shape index (κ1) is 24.0. The fraction of sp³-hybridized carbons (Fsp3) is 0.567. The first-order valence-corrected chi connectivity index (χ1v) is 13.0. The smallest absolute Gasteiger partial charge is 0.303 e. The molecule has 0 spiro atoms. The molecular weight excluding hydrogens is 438 g/mol. The third-order valence-corrected chi connectivity index (χ3v) is 9.53. The Labute approximate surface area is 208 Å². The molecule has 0 N–H and O–H groups in total. The van der Waals surface area contributed by atoms with Crippen molar-refractivity contribution in [3.8, 4) is 0 Å². The molecule has 5 atom stereocenters. The molecule has 0 saturated heterocycles. The highest BCUT2D eigenvalue weighted by Gasteiger charge is 2.67. The van der Waals surface area contributed by atoms with E-state index < -0.39 is 11.0 Å². The number of esters is 1. The van der Waals surface area contributed by atoms with Gasteiger partial charge in [-0.3, -0.25) is 14.4 Å². The van der Waals surface area contributed by atoms with Gasteiger partial charge in [-0.15, -0.1) is 0 Å². The van der Waals surface area contributed by atoms with Crippen molar-refractivity contribution in [2.24, 2.45) is 17.3 Å². The van der Waals surface area contributed by atoms with Crippen molar-refractivity contribution >= 4 is 23.2 Å². The van der Waals surface area contributed by atoms with Crippen molar-refractivity contribution < 1.29 is 19.1 Å². The molecule has 5 heteroatoms. The lowest BCUT2D eigenvalue weighted by Crippen LogP contribution is -2.57. The van der Waals surface area contributed by atoms with Gasteiger partial charge in [0, 0.05) is 50.9 Å². The molecule has 35 heavy (non-hydrogen) atoms. The molecule has 1 unspecified atom stereocenters. The summed E-state index contributed by atoms with van der Waals surface area (Å²) in [6, 6.07) is 8.76. The number of benzene rings is 1. The molecule has 0 bridgehead atoms. The highest BCUT2D eigenvalue weighted by Crippen LogP contribution is 2.67. The largest absolute Gasteiger partial charge is 0.451 e. The molecule has 1 aromatic carbocycles. The van der Waals surface area contributed by atoms with Gasteiger partial charge in [-0.2, -0.15) is 0 Å². The van der Waals surface area contributed by atoms with Crippen molar-refractivity contribution in [3.63, 3.8) is 0 Å². The number of hydrogen-bond donors (Lipinski definition) is 0. The first-order chi connectivity index (χ1) is 16.6. The first-order valence-electron chi connectivity index (χ1n) is 13.0. The van der Waals surface area contributed by atoms with Gasteiger partial charge >= 0.3 is 5.97 Å². The van der Waals surface area contributed by atoms with Crippen molar-refractivity contribution in [3.05, 3.63) is 52.6 Å². The molecule has 0 radical (unpaired) electrons. The monoisotopic (exact) mass is 475 g/mol. The van der Waals surface area contributed by atoms with Gasteiger partial charge in [0.1, 0.15) is 5.78 Å². The van der Waals surface area contributed by atoms with Crippen LogP contribution in [0.4, 0.5) is 5.69 Å². The van der Waals surface area contributed by atoms with Crippen LogP contribution in [-0.4, -0.2) is 37.2 Å². The fourth-order valence-corrected chi connectivity index (χ4v) is 7.95. The van der Waals surface area contributed by atoms with E-state index in [-0.39, 0.29) is 23.6 Å². The van der Waals surface area contributed by atoms with E-state index in [4.69, 9.17) is 4.74 Å². The molecule has 5 rings (SSSR count). The SMILES string of the molecule is CC(=O)O[C@]1(C(C)=O)CC[C@H]2[C@@H]3CC=C4CC(=O)CCC4=C3C(c3ccc(N(C)C)cc3)C[C@@]21C. The van der Waals surface area contributed by atoms with Gasteiger partial charge in [0.25, 0.3) is 0 Å². The number of Topliss-reactive ketones (excluding diaryl/α,β-unsaturated/α-hetero) is 2. The predicted molar refractivity (Wildman–Crippen MR) is 136 cm³/mol. The second kappa shape index (κ2) is 8.46. The van der Waals surface area contributed by atoms with E-state index in [1.54, 1.807) is 6.92 Å². The zero-order chi connectivity index (χ0) is 25.1. The number of hydrogen-bond acceptors (Lipinski definition) is 5. The summed E-state index contributed by atoms with van der Waals surface area (Å²) in [4.78, 5) is 39.8. The van der Waals surface area contributed by atoms with Gasteiger partial charge in [0.2, 0.25) is 0 Å². The minimum atomic E-state index is -1.08. The Hall–Kier alpha value is -2.69. The zero-order valence-electron chi connectivity index (χ0n) is 21.6. The molecular formula is C30H37NO4. The third-order valence-electron chi connectivity index (χ3n) is 9.53. The molecule has 5 nitrogen and oxygen atoms in total. The van der Waals surface area contributed by atoms with Crippen LogP contribution in [0.1, 0.15) is 77.2 Å². The molecule has 0 aromatic heterocycles. The maximum Gasteiger partial charge on any atom is 0.303 e. The van der Waals surface area contributed by atoms with E-state index >= 15 is 0 Å². The van der Waals surface area contributed by atoms with Crippen LogP contribution in [0.3, 0.4) is 0 Å². The molecule has 4 aliphatic rings. The van der Waals surface area contributed by atoms with Gasteiger partial charge in [0.05, 0.1) is 0 Å². The molecule has 0 heterocycles. The van der Waals surface area contributed by atoms with Crippen molar-refractivity contribution in [2.45, 2.75) is 77.2 Å². The number of ether oxygens (including phenoxy) is 1. The second-order valence-electron chi connectivity index (χ2n) is 11.5. The average Bonchev–Trinajstić information content (AvgIpc) is 3.10. The summed E-state index contributed by atoms with van der Waals surface area (Å²) < 4.78 is 6.00. The Morgan fingerprint density at radius 1 is 1.09 bits per heavy atom. The number of carbonyl (C=O) groups is 3. The quantitative estimate of drug-likeness (QED) is 0.535. The number of fused-ring (bicyclic) bond motifs is 4. The molecule has 0 aliphatic heterocycles. The lowest BCUT2D eigenvalue weighted by atomic mass is 9.51. The second-order valence-corrected chi connectivity index (χ2v) is 11.5. The van der Waals surface area contributed by atoms with Crippen LogP contribution in [0.15, 0.2) is 47.1 Å². The topological polar surface area (TPSA) is 63.7 Å². The predicted octanol–water partition coefficient (Wildman–Crippen LogP) is 5.54. The summed E-state index contributed by atoms with van der Waals surface area (Å²) in [5.41, 5.74) is 4.97. The van der Waals surface area contributed by atoms with Gasteiger partial charge in [-0.25, -0.2) is 0 Å². The van der Waals surface area contributed by atoms with E-state index in [0.29, 0.717) is 31.0 Å². The minimum absolute atomic E-state index is 0.0363. The van der Waals surface area contributed by atoms with Crippen molar-refractivity contribution in [1.29, 1.82) is 0 Å². The van der Waals surface area contributed by atoms with E-state index in [1.807, 2.05) is 14.1 Å². The molecule has 3 saturated carbocycles. The Bertz CT molecular complexity index is 1140. The molecule has 4 aliphatic carbocycles. The van der Waals surface area contributed by atoms with Crippen LogP contribution in [-0.2, 0) is 19.1 Å². The Kier molecular flexibility index (Phi) is 5.81. The Balaban J connectivity index is 1.67. The van der Waals surface area contributed by atoms with Crippen LogP contribution in [0.25, 0.3) is 0 Å². The van der Waals surface area contributed by atoms with Gasteiger partial charge in [-0.1, -0.05) is 30.7 Å². The minimum Gasteiger partial charge on any atom is -0.451 e. The van der Waals surface area contributed by atoms with E-state index in [9.17, 15) is 14.4 Å². The van der Waals surface area contributed by atoms with Gasteiger partial charge < -0.3 is 9.64 Å². The summed E-state index contributed by atoms with van der Waals surface area (Å²) >= 11 is 0. The highest BCUT2D eigenvalue weighted by molar-refractivity contribution is 5.89. The van der Waals surface area contributed by atoms with Gasteiger partial charge in [0.15, 0.2) is 11.4 Å². The summed E-state index contributed by atoms with van der Waals surface area (Å²) in [6.07, 6.45) is 7.38. The van der Waals surface area contributed by atoms with Crippen molar-refractivity contribution in [1.82, 2.24) is 0 Å². The van der Waals surface area contributed by atoms with Crippen molar-refractivity contribution in [2.75, 3.05) is 19.0 Å². The molecule has 1 aromatic rings. The lowest BCUT2D eigenvalue weighted by molar-refractivity contribution is -0.182. The number of rotatable bonds is 4. The standard InChI is InChI=1S/C30H37NO4/c1-18(32)30(35-19(2)33)15-14-27-25-12-8-21-16-23(34)11-13-24(21)28(25)26(17-29(27,30)3)20-6-9-22(10-7-20)31(4)5/h6-10,25-27H,11-17H2,1-5H3/t25-,26?,27-,29-,30-/m0/s1. The maximum atomic E-state index is 13.2. The molecule has 3 fully saturated rings. The number of nitrogens with zero attached hydrogens (tertiary/aromatic N) is 1. The summed E-state index contributed by atoms with van der Waals surface area (Å²) in [7, 11) is 4.08. The van der Waals surface area contributed by atoms with E-state index in [1.165, 1.54) is 29.2 Å². The molecule has 0 amide bonds. The number of carbonyl (C=O) groups excluding carboxylic acids is 3. The number of ketones is 2. The fourth-order valence-electron chi connectivity index (χ4n) is 7.95. The summed E-state index contributed by atoms with van der Waals surface area (Å²) in [6.45, 7) is 5.21. The Morgan fingerprint density at radius 2 is 1.80 bits per heavy atom. The lowest BCUT2D eigenvalue weighted by Gasteiger charge is -2.54. The zero-order valence-corrected chi connectivity index (χ0v) is 21.6. The van der Waals surface area contributed by atoms with E-state index in [0.717, 1.165) is 31.4 Å². The van der Waals surface area contributed by atoms with Crippen LogP contribution >= 0.6 is 0 Å². The number of anilines is 1. The van der Waals surface area contributed by atoms with Crippen LogP contribution in [0.5, 0.6) is 0 Å². The average molecular weight is 476 g/mol. The summed E-state index contributed by atoms with van der Waals surface area (Å²) in [5, 5.41) is 0. The van der Waals surface area contributed by atoms with Gasteiger partial charge in [-0.05, 0) is 79.7 Å². The molecule has 186 valence electrons. The van der Waals surface area contributed by atoms with Crippen LogP contribution < -0.4 is 4.90 Å². The maximum absolute atomic E-state index is 13.2. The third kappa shape index (κ3) is 3.61. The van der Waals surface area contributed by atoms with Crippen LogP contribution in [0.2, 0.25) is 0 Å². The highest BCUT2D eigenvalue weighted by atomic mass is 16.6. The summed E-state index contributed by atoms with van der Waals surface area (Å²) in [5.74, 6) is 0.618. The number of allylic oxidation sites excluding steroid dienone is 4. The normalized spacial score (nSPS) is 33.9. The van der Waals surface area contributed by atoms with Crippen LogP contribution in [0, 0.1) is 17.3 Å². The Morgan fingerprint density at radius 3 is 2.43 bits per heavy atom.